The molecule has 150 valence electrons. The fourth-order valence-corrected chi connectivity index (χ4v) is 4.39. The van der Waals surface area contributed by atoms with Crippen LogP contribution in [0.3, 0.4) is 0 Å². The molecule has 0 amide bonds. The van der Waals surface area contributed by atoms with E-state index in [0.717, 1.165) is 6.07 Å². The minimum absolute atomic E-state index is 0.135. The molecule has 2 rings (SSSR count). The van der Waals surface area contributed by atoms with Gasteiger partial charge in [0.05, 0.1) is 15.7 Å². The number of carbonyl (C=O) groups excluding carboxylic acids is 1. The molecule has 1 aromatic carbocycles. The molecule has 0 bridgehead atoms. The average molecular weight is 399 g/mol. The third kappa shape index (κ3) is 4.95. The molecule has 1 saturated heterocycles. The number of rotatable bonds is 5. The van der Waals surface area contributed by atoms with Crippen LogP contribution in [0.2, 0.25) is 0 Å². The van der Waals surface area contributed by atoms with Crippen molar-refractivity contribution in [3.05, 3.63) is 28.3 Å². The molecule has 1 aliphatic heterocycles. The molecule has 0 atom stereocenters. The second-order valence-corrected chi connectivity index (χ2v) is 9.34. The summed E-state index contributed by atoms with van der Waals surface area (Å²) < 4.78 is 32.3. The minimum Gasteiger partial charge on any atom is -0.460 e. The van der Waals surface area contributed by atoms with Crippen LogP contribution in [0.1, 0.15) is 33.6 Å². The lowest BCUT2D eigenvalue weighted by Gasteiger charge is -2.31. The van der Waals surface area contributed by atoms with Crippen molar-refractivity contribution in [2.24, 2.45) is 5.92 Å². The van der Waals surface area contributed by atoms with Crippen molar-refractivity contribution in [1.82, 2.24) is 4.31 Å². The molecule has 0 saturated carbocycles. The van der Waals surface area contributed by atoms with E-state index < -0.39 is 20.5 Å². The molecule has 0 unspecified atom stereocenters. The maximum absolute atomic E-state index is 12.8. The highest BCUT2D eigenvalue weighted by Gasteiger charge is 2.34. The van der Waals surface area contributed by atoms with Crippen LogP contribution < -0.4 is 5.32 Å². The van der Waals surface area contributed by atoms with Crippen LogP contribution in [0, 0.1) is 16.0 Å². The number of sulfonamides is 1. The quantitative estimate of drug-likeness (QED) is 0.459. The Labute approximate surface area is 158 Å². The first-order valence-corrected chi connectivity index (χ1v) is 10.1. The third-order valence-corrected chi connectivity index (χ3v) is 6.16. The molecule has 0 spiro atoms. The van der Waals surface area contributed by atoms with Crippen molar-refractivity contribution < 1.29 is 22.9 Å². The molecule has 1 N–H and O–H groups in total. The molecule has 1 heterocycles. The van der Waals surface area contributed by atoms with E-state index in [0.29, 0.717) is 12.8 Å². The monoisotopic (exact) mass is 399 g/mol. The second-order valence-electron chi connectivity index (χ2n) is 7.40. The topological polar surface area (TPSA) is 119 Å². The van der Waals surface area contributed by atoms with Gasteiger partial charge in [-0.25, -0.2) is 8.42 Å². The summed E-state index contributed by atoms with van der Waals surface area (Å²) in [5, 5.41) is 13.8. The minimum atomic E-state index is -3.88. The normalized spacial score (nSPS) is 16.7. The van der Waals surface area contributed by atoms with Gasteiger partial charge in [-0.05, 0) is 45.7 Å². The summed E-state index contributed by atoms with van der Waals surface area (Å²) in [5.74, 6) is -0.676. The number of nitrogens with zero attached hydrogens (tertiary/aromatic N) is 2. The third-order valence-electron chi connectivity index (χ3n) is 4.27. The Bertz CT molecular complexity index is 824. The fourth-order valence-electron chi connectivity index (χ4n) is 2.90. The smallest absolute Gasteiger partial charge is 0.309 e. The first kappa shape index (κ1) is 21.1. The summed E-state index contributed by atoms with van der Waals surface area (Å²) in [7, 11) is -2.35. The van der Waals surface area contributed by atoms with E-state index >= 15 is 0 Å². The molecular weight excluding hydrogens is 374 g/mol. The fraction of sp³-hybridized carbons (Fsp3) is 0.588. The highest BCUT2D eigenvalue weighted by molar-refractivity contribution is 7.89. The number of ether oxygens (including phenoxy) is 1. The highest BCUT2D eigenvalue weighted by Crippen LogP contribution is 2.30. The van der Waals surface area contributed by atoms with Crippen molar-refractivity contribution in [2.75, 3.05) is 25.5 Å². The Hall–Kier alpha value is -2.20. The lowest BCUT2D eigenvalue weighted by molar-refractivity contribution is -0.384. The molecule has 1 fully saturated rings. The number of esters is 1. The van der Waals surface area contributed by atoms with Gasteiger partial charge in [0.1, 0.15) is 11.3 Å². The van der Waals surface area contributed by atoms with Gasteiger partial charge in [0, 0.05) is 26.2 Å². The Morgan fingerprint density at radius 1 is 1.30 bits per heavy atom. The maximum atomic E-state index is 12.8. The summed E-state index contributed by atoms with van der Waals surface area (Å²) >= 11 is 0. The van der Waals surface area contributed by atoms with Crippen LogP contribution in [0.15, 0.2) is 23.1 Å². The van der Waals surface area contributed by atoms with Crippen molar-refractivity contribution in [2.45, 2.75) is 44.1 Å². The van der Waals surface area contributed by atoms with E-state index in [1.54, 1.807) is 20.8 Å². The average Bonchev–Trinajstić information content (AvgIpc) is 2.59. The summed E-state index contributed by atoms with van der Waals surface area (Å²) in [6, 6.07) is 3.77. The van der Waals surface area contributed by atoms with Gasteiger partial charge in [-0.2, -0.15) is 4.31 Å². The number of nitro groups is 1. The van der Waals surface area contributed by atoms with Gasteiger partial charge in [0.25, 0.3) is 5.69 Å². The van der Waals surface area contributed by atoms with Crippen LogP contribution in [0.25, 0.3) is 0 Å². The van der Waals surface area contributed by atoms with Crippen LogP contribution in [-0.2, 0) is 19.6 Å². The molecule has 10 heteroatoms. The summed E-state index contributed by atoms with van der Waals surface area (Å²) in [5.41, 5.74) is -0.654. The van der Waals surface area contributed by atoms with Crippen molar-refractivity contribution >= 4 is 27.4 Å². The Morgan fingerprint density at radius 3 is 2.37 bits per heavy atom. The van der Waals surface area contributed by atoms with E-state index in [-0.39, 0.29) is 41.2 Å². The number of hydrogen-bond donors (Lipinski definition) is 1. The Morgan fingerprint density at radius 2 is 1.89 bits per heavy atom. The van der Waals surface area contributed by atoms with Crippen LogP contribution in [0.5, 0.6) is 0 Å². The van der Waals surface area contributed by atoms with Gasteiger partial charge < -0.3 is 10.1 Å². The zero-order chi connectivity index (χ0) is 20.4. The van der Waals surface area contributed by atoms with Gasteiger partial charge in [-0.1, -0.05) is 0 Å². The molecule has 9 nitrogen and oxygen atoms in total. The summed E-state index contributed by atoms with van der Waals surface area (Å²) in [6.45, 7) is 5.67. The number of anilines is 1. The van der Waals surface area contributed by atoms with Gasteiger partial charge in [-0.3, -0.25) is 14.9 Å². The number of carbonyl (C=O) groups is 1. The van der Waals surface area contributed by atoms with Crippen LogP contribution in [-0.4, -0.2) is 49.4 Å². The number of piperidine rings is 1. The number of hydrogen-bond acceptors (Lipinski definition) is 7. The highest BCUT2D eigenvalue weighted by atomic mass is 32.2. The largest absolute Gasteiger partial charge is 0.460 e. The van der Waals surface area contributed by atoms with Crippen molar-refractivity contribution in [1.29, 1.82) is 0 Å². The van der Waals surface area contributed by atoms with Crippen LogP contribution in [0.4, 0.5) is 11.4 Å². The predicted molar refractivity (Wildman–Crippen MR) is 100.0 cm³/mol. The van der Waals surface area contributed by atoms with E-state index in [1.165, 1.54) is 23.5 Å². The maximum Gasteiger partial charge on any atom is 0.309 e. The van der Waals surface area contributed by atoms with Crippen molar-refractivity contribution in [3.8, 4) is 0 Å². The van der Waals surface area contributed by atoms with Crippen LogP contribution >= 0.6 is 0 Å². The molecule has 1 aliphatic rings. The number of benzene rings is 1. The first-order valence-electron chi connectivity index (χ1n) is 8.65. The molecule has 0 aliphatic carbocycles. The van der Waals surface area contributed by atoms with E-state index in [2.05, 4.69) is 5.32 Å². The molecule has 0 radical (unpaired) electrons. The van der Waals surface area contributed by atoms with E-state index in [9.17, 15) is 23.3 Å². The predicted octanol–water partition coefficient (Wildman–Crippen LogP) is 2.38. The first-order chi connectivity index (χ1) is 12.5. The Kier molecular flexibility index (Phi) is 6.10. The summed E-state index contributed by atoms with van der Waals surface area (Å²) in [6.07, 6.45) is 0.704. The standard InChI is InChI=1S/C17H25N3O6S/c1-17(2,3)26-16(21)12-7-9-19(10-8-12)27(24,25)13-5-6-14(18-4)15(11-13)20(22)23/h5-6,11-12,18H,7-10H2,1-4H3. The van der Waals surface area contributed by atoms with Gasteiger partial charge in [-0.15, -0.1) is 0 Å². The van der Waals surface area contributed by atoms with Gasteiger partial charge >= 0.3 is 5.97 Å². The van der Waals surface area contributed by atoms with E-state index in [1.807, 2.05) is 0 Å². The second kappa shape index (κ2) is 7.81. The lowest BCUT2D eigenvalue weighted by Crippen LogP contribution is -2.41. The Balaban J connectivity index is 2.14. The SMILES string of the molecule is CNc1ccc(S(=O)(=O)N2CCC(C(=O)OC(C)(C)C)CC2)cc1[N+](=O)[O-]. The van der Waals surface area contributed by atoms with Gasteiger partial charge in [0.2, 0.25) is 10.0 Å². The lowest BCUT2D eigenvalue weighted by atomic mass is 9.98. The molecule has 0 aromatic heterocycles. The zero-order valence-electron chi connectivity index (χ0n) is 15.9. The van der Waals surface area contributed by atoms with E-state index in [4.69, 9.17) is 4.74 Å². The molecule has 27 heavy (non-hydrogen) atoms. The molecular formula is C17H25N3O6S. The number of nitrogens with one attached hydrogen (secondary N) is 1. The molecule has 1 aromatic rings. The van der Waals surface area contributed by atoms with Crippen molar-refractivity contribution in [3.63, 3.8) is 0 Å². The number of nitro benzene ring substituents is 1. The zero-order valence-corrected chi connectivity index (χ0v) is 16.7. The van der Waals surface area contributed by atoms with Gasteiger partial charge in [0.15, 0.2) is 0 Å². The summed E-state index contributed by atoms with van der Waals surface area (Å²) in [4.78, 5) is 22.6.